The maximum atomic E-state index is 12.2. The number of rotatable bonds is 3. The van der Waals surface area contributed by atoms with Gasteiger partial charge in [-0.15, -0.1) is 0 Å². The summed E-state index contributed by atoms with van der Waals surface area (Å²) in [6, 6.07) is 2.89. The van der Waals surface area contributed by atoms with Gasteiger partial charge in [-0.25, -0.2) is 13.1 Å². The number of sulfonamides is 1. The van der Waals surface area contributed by atoms with Crippen LogP contribution in [0.25, 0.3) is 0 Å². The van der Waals surface area contributed by atoms with Crippen molar-refractivity contribution in [1.82, 2.24) is 14.9 Å². The largest absolute Gasteiger partial charge is 0.438 e. The summed E-state index contributed by atoms with van der Waals surface area (Å²) in [5.41, 5.74) is 0. The van der Waals surface area contributed by atoms with Crippen molar-refractivity contribution < 1.29 is 17.6 Å². The van der Waals surface area contributed by atoms with Gasteiger partial charge in [0, 0.05) is 25.7 Å². The zero-order valence-corrected chi connectivity index (χ0v) is 11.7. The Kier molecular flexibility index (Phi) is 3.93. The molecule has 1 fully saturated rings. The average Bonchev–Trinajstić information content (AvgIpc) is 2.88. The first-order valence-corrected chi connectivity index (χ1v) is 7.48. The number of piperazine rings is 1. The molecule has 1 unspecified atom stereocenters. The number of furan rings is 1. The van der Waals surface area contributed by atoms with Gasteiger partial charge in [0.2, 0.25) is 5.09 Å². The molecule has 0 saturated carbocycles. The third-order valence-electron chi connectivity index (χ3n) is 2.98. The Labute approximate surface area is 112 Å². The first-order chi connectivity index (χ1) is 8.94. The summed E-state index contributed by atoms with van der Waals surface area (Å²) in [5.74, 6) is -0.242. The van der Waals surface area contributed by atoms with Gasteiger partial charge in [-0.1, -0.05) is 0 Å². The Hall–Kier alpha value is -1.38. The van der Waals surface area contributed by atoms with Gasteiger partial charge in [0.1, 0.15) is 0 Å². The molecule has 2 heterocycles. The van der Waals surface area contributed by atoms with Crippen molar-refractivity contribution in [3.05, 3.63) is 17.9 Å². The number of carbonyl (C=O) groups excluding carboxylic acids is 1. The molecule has 0 radical (unpaired) electrons. The lowest BCUT2D eigenvalue weighted by Gasteiger charge is -2.31. The van der Waals surface area contributed by atoms with Crippen molar-refractivity contribution >= 4 is 15.9 Å². The maximum absolute atomic E-state index is 12.2. The van der Waals surface area contributed by atoms with E-state index in [1.54, 1.807) is 4.90 Å². The Bertz CT molecular complexity index is 566. The highest BCUT2D eigenvalue weighted by Crippen LogP contribution is 2.16. The lowest BCUT2D eigenvalue weighted by Crippen LogP contribution is -2.51. The van der Waals surface area contributed by atoms with Crippen LogP contribution < -0.4 is 10.0 Å². The standard InChI is InChI=1S/C11H17N3O4S/c1-8-7-14(6-5-13-8)11(15)9-3-4-10(18-9)19(16,17)12-2/h3-4,8,12-13H,5-7H2,1-2H3. The second kappa shape index (κ2) is 5.32. The summed E-state index contributed by atoms with van der Waals surface area (Å²) >= 11 is 0. The van der Waals surface area contributed by atoms with Gasteiger partial charge in [0.05, 0.1) is 0 Å². The van der Waals surface area contributed by atoms with E-state index in [4.69, 9.17) is 4.42 Å². The highest BCUT2D eigenvalue weighted by Gasteiger charge is 2.25. The quantitative estimate of drug-likeness (QED) is 0.791. The predicted octanol–water partition coefficient (Wildman–Crippen LogP) is -0.378. The topological polar surface area (TPSA) is 91.7 Å². The molecule has 1 aromatic heterocycles. The molecule has 106 valence electrons. The second-order valence-corrected chi connectivity index (χ2v) is 6.25. The molecule has 2 rings (SSSR count). The molecule has 0 spiro atoms. The summed E-state index contributed by atoms with van der Waals surface area (Å²) < 4.78 is 30.3. The first-order valence-electron chi connectivity index (χ1n) is 6.00. The number of amides is 1. The van der Waals surface area contributed by atoms with Crippen LogP contribution in [-0.4, -0.2) is 51.9 Å². The molecule has 1 aliphatic heterocycles. The molecule has 1 saturated heterocycles. The fraction of sp³-hybridized carbons (Fsp3) is 0.545. The zero-order chi connectivity index (χ0) is 14.0. The summed E-state index contributed by atoms with van der Waals surface area (Å²) in [7, 11) is -2.36. The van der Waals surface area contributed by atoms with E-state index in [1.807, 2.05) is 6.92 Å². The van der Waals surface area contributed by atoms with E-state index in [-0.39, 0.29) is 22.8 Å². The van der Waals surface area contributed by atoms with Crippen LogP contribution >= 0.6 is 0 Å². The smallest absolute Gasteiger partial charge is 0.289 e. The van der Waals surface area contributed by atoms with E-state index in [1.165, 1.54) is 19.2 Å². The highest BCUT2D eigenvalue weighted by molar-refractivity contribution is 7.89. The lowest BCUT2D eigenvalue weighted by molar-refractivity contribution is 0.0671. The minimum absolute atomic E-state index is 0.0444. The zero-order valence-electron chi connectivity index (χ0n) is 10.8. The molecular weight excluding hydrogens is 270 g/mol. The first kappa shape index (κ1) is 14.0. The van der Waals surface area contributed by atoms with Crippen LogP contribution in [0, 0.1) is 0 Å². The van der Waals surface area contributed by atoms with Crippen LogP contribution in [0.4, 0.5) is 0 Å². The van der Waals surface area contributed by atoms with Crippen molar-refractivity contribution in [3.63, 3.8) is 0 Å². The normalized spacial score (nSPS) is 20.5. The monoisotopic (exact) mass is 287 g/mol. The minimum atomic E-state index is -3.65. The third kappa shape index (κ3) is 2.96. The molecule has 1 aliphatic rings. The van der Waals surface area contributed by atoms with E-state index in [0.717, 1.165) is 6.54 Å². The predicted molar refractivity (Wildman–Crippen MR) is 68.3 cm³/mol. The van der Waals surface area contributed by atoms with Gasteiger partial charge in [-0.2, -0.15) is 0 Å². The van der Waals surface area contributed by atoms with Gasteiger partial charge in [-0.3, -0.25) is 4.79 Å². The molecule has 0 bridgehead atoms. The highest BCUT2D eigenvalue weighted by atomic mass is 32.2. The summed E-state index contributed by atoms with van der Waals surface area (Å²) in [6.07, 6.45) is 0. The van der Waals surface area contributed by atoms with Crippen LogP contribution in [0.15, 0.2) is 21.6 Å². The van der Waals surface area contributed by atoms with Crippen molar-refractivity contribution in [1.29, 1.82) is 0 Å². The summed E-state index contributed by atoms with van der Waals surface area (Å²) in [4.78, 5) is 13.8. The molecular formula is C11H17N3O4S. The Balaban J connectivity index is 2.16. The van der Waals surface area contributed by atoms with Gasteiger partial charge >= 0.3 is 0 Å². The van der Waals surface area contributed by atoms with Crippen LogP contribution in [0.3, 0.4) is 0 Å². The van der Waals surface area contributed by atoms with Crippen LogP contribution in [-0.2, 0) is 10.0 Å². The number of carbonyl (C=O) groups is 1. The summed E-state index contributed by atoms with van der Waals surface area (Å²) in [5, 5.41) is 2.98. The van der Waals surface area contributed by atoms with Crippen LogP contribution in [0.1, 0.15) is 17.5 Å². The second-order valence-electron chi connectivity index (χ2n) is 4.43. The maximum Gasteiger partial charge on any atom is 0.289 e. The van der Waals surface area contributed by atoms with Gasteiger partial charge in [-0.05, 0) is 26.1 Å². The van der Waals surface area contributed by atoms with E-state index in [9.17, 15) is 13.2 Å². The van der Waals surface area contributed by atoms with E-state index in [2.05, 4.69) is 10.0 Å². The van der Waals surface area contributed by atoms with Crippen LogP contribution in [0.2, 0.25) is 0 Å². The number of hydrogen-bond donors (Lipinski definition) is 2. The molecule has 19 heavy (non-hydrogen) atoms. The molecule has 1 aromatic rings. The molecule has 1 amide bonds. The fourth-order valence-electron chi connectivity index (χ4n) is 1.95. The molecule has 0 aromatic carbocycles. The molecule has 2 N–H and O–H groups in total. The van der Waals surface area contributed by atoms with Crippen molar-refractivity contribution in [2.75, 3.05) is 26.7 Å². The number of nitrogens with zero attached hydrogens (tertiary/aromatic N) is 1. The molecule has 7 nitrogen and oxygen atoms in total. The Morgan fingerprint density at radius 2 is 2.26 bits per heavy atom. The SMILES string of the molecule is CNS(=O)(=O)c1ccc(C(=O)N2CCNC(C)C2)o1. The van der Waals surface area contributed by atoms with E-state index >= 15 is 0 Å². The van der Waals surface area contributed by atoms with Gasteiger partial charge in [0.25, 0.3) is 15.9 Å². The van der Waals surface area contributed by atoms with E-state index in [0.29, 0.717) is 13.1 Å². The number of nitrogens with one attached hydrogen (secondary N) is 2. The van der Waals surface area contributed by atoms with E-state index < -0.39 is 10.0 Å². The van der Waals surface area contributed by atoms with Crippen molar-refractivity contribution in [2.45, 2.75) is 18.1 Å². The molecule has 1 atom stereocenters. The van der Waals surface area contributed by atoms with Crippen molar-refractivity contribution in [3.8, 4) is 0 Å². The van der Waals surface area contributed by atoms with Crippen molar-refractivity contribution in [2.24, 2.45) is 0 Å². The minimum Gasteiger partial charge on any atom is -0.438 e. The lowest BCUT2D eigenvalue weighted by atomic mass is 10.2. The Morgan fingerprint density at radius 3 is 2.89 bits per heavy atom. The van der Waals surface area contributed by atoms with Crippen LogP contribution in [0.5, 0.6) is 0 Å². The summed E-state index contributed by atoms with van der Waals surface area (Å²) in [6.45, 7) is 3.86. The molecule has 0 aliphatic carbocycles. The molecule has 8 heteroatoms. The van der Waals surface area contributed by atoms with Gasteiger partial charge < -0.3 is 14.6 Å². The fourth-order valence-corrected chi connectivity index (χ4v) is 2.60. The third-order valence-corrected chi connectivity index (χ3v) is 4.27. The Morgan fingerprint density at radius 1 is 1.53 bits per heavy atom. The average molecular weight is 287 g/mol. The number of hydrogen-bond acceptors (Lipinski definition) is 5. The van der Waals surface area contributed by atoms with Gasteiger partial charge in [0.15, 0.2) is 5.76 Å².